The van der Waals surface area contributed by atoms with E-state index in [9.17, 15) is 9.59 Å². The lowest BCUT2D eigenvalue weighted by atomic mass is 10.1. The zero-order valence-electron chi connectivity index (χ0n) is 17.8. The van der Waals surface area contributed by atoms with Gasteiger partial charge >= 0.3 is 0 Å². The molecule has 2 heterocycles. The first kappa shape index (κ1) is 20.6. The Morgan fingerprint density at radius 1 is 1.10 bits per heavy atom. The van der Waals surface area contributed by atoms with E-state index in [2.05, 4.69) is 20.4 Å². The van der Waals surface area contributed by atoms with Crippen LogP contribution in [0.3, 0.4) is 0 Å². The van der Waals surface area contributed by atoms with Gasteiger partial charge in [0.15, 0.2) is 11.5 Å². The van der Waals surface area contributed by atoms with Gasteiger partial charge in [0.2, 0.25) is 5.75 Å². The van der Waals surface area contributed by atoms with Gasteiger partial charge in [-0.15, -0.1) is 0 Å². The molecule has 0 bridgehead atoms. The molecule has 1 unspecified atom stereocenters. The van der Waals surface area contributed by atoms with Gasteiger partial charge in [0, 0.05) is 17.3 Å². The molecule has 1 aromatic heterocycles. The summed E-state index contributed by atoms with van der Waals surface area (Å²) in [7, 11) is 4.44. The van der Waals surface area contributed by atoms with Gasteiger partial charge in [-0.05, 0) is 38.3 Å². The fourth-order valence-corrected chi connectivity index (χ4v) is 3.79. The van der Waals surface area contributed by atoms with Crippen molar-refractivity contribution in [3.63, 3.8) is 0 Å². The molecule has 1 saturated carbocycles. The van der Waals surface area contributed by atoms with E-state index < -0.39 is 5.91 Å². The van der Waals surface area contributed by atoms with Crippen LogP contribution < -0.4 is 19.5 Å². The van der Waals surface area contributed by atoms with Gasteiger partial charge in [-0.2, -0.15) is 14.8 Å². The highest BCUT2D eigenvalue weighted by molar-refractivity contribution is 6.17. The van der Waals surface area contributed by atoms with E-state index in [-0.39, 0.29) is 17.8 Å². The number of carbonyl (C=O) groups excluding carboxylic acids is 2. The second kappa shape index (κ2) is 8.21. The number of anilines is 1. The van der Waals surface area contributed by atoms with Crippen LogP contribution in [-0.2, 0) is 4.79 Å². The minimum Gasteiger partial charge on any atom is -0.493 e. The summed E-state index contributed by atoms with van der Waals surface area (Å²) in [6.45, 7) is 1.78. The van der Waals surface area contributed by atoms with E-state index in [0.717, 1.165) is 25.0 Å². The van der Waals surface area contributed by atoms with E-state index in [1.54, 1.807) is 25.1 Å². The number of nitrogens with zero attached hydrogens (tertiary/aromatic N) is 4. The van der Waals surface area contributed by atoms with Crippen molar-refractivity contribution >= 4 is 29.3 Å². The number of aliphatic imine (C=N–C) groups is 2. The van der Waals surface area contributed by atoms with Crippen LogP contribution in [0.2, 0.25) is 0 Å². The molecule has 1 atom stereocenters. The molecule has 10 nitrogen and oxygen atoms in total. The lowest BCUT2D eigenvalue weighted by Gasteiger charge is -2.16. The Balaban J connectivity index is 1.66. The molecule has 0 spiro atoms. The predicted octanol–water partition coefficient (Wildman–Crippen LogP) is 2.46. The van der Waals surface area contributed by atoms with Crippen molar-refractivity contribution in [3.8, 4) is 17.2 Å². The second-order valence-electron chi connectivity index (χ2n) is 7.25. The number of methoxy groups -OCH3 is 3. The topological polar surface area (TPSA) is 116 Å². The third kappa shape index (κ3) is 3.76. The summed E-state index contributed by atoms with van der Waals surface area (Å²) >= 11 is 0. The van der Waals surface area contributed by atoms with E-state index >= 15 is 0 Å². The van der Waals surface area contributed by atoms with Crippen LogP contribution in [0.25, 0.3) is 0 Å². The molecule has 2 aromatic rings. The first-order valence-corrected chi connectivity index (χ1v) is 9.83. The third-order valence-electron chi connectivity index (χ3n) is 5.27. The number of aryl methyl sites for hydroxylation is 1. The van der Waals surface area contributed by atoms with Gasteiger partial charge in [0.25, 0.3) is 17.8 Å². The van der Waals surface area contributed by atoms with Crippen molar-refractivity contribution in [2.75, 3.05) is 26.6 Å². The minimum absolute atomic E-state index is 0.159. The zero-order valence-corrected chi connectivity index (χ0v) is 17.8. The minimum atomic E-state index is -0.422. The number of carbonyl (C=O) groups is 2. The first-order valence-electron chi connectivity index (χ1n) is 9.83. The maximum absolute atomic E-state index is 13.0. The number of hydrogen-bond acceptors (Lipinski definition) is 7. The number of ether oxygens (including phenoxy) is 3. The number of benzene rings is 1. The van der Waals surface area contributed by atoms with Crippen molar-refractivity contribution in [2.24, 2.45) is 15.9 Å². The third-order valence-corrected chi connectivity index (χ3v) is 5.27. The molecule has 2 amide bonds. The largest absolute Gasteiger partial charge is 0.493 e. The Labute approximate surface area is 178 Å². The Morgan fingerprint density at radius 2 is 1.81 bits per heavy atom. The number of nitrogens with one attached hydrogen (secondary N) is 1. The van der Waals surface area contributed by atoms with Crippen LogP contribution in [-0.4, -0.2) is 54.6 Å². The number of rotatable bonds is 5. The Morgan fingerprint density at radius 3 is 2.45 bits per heavy atom. The van der Waals surface area contributed by atoms with Crippen LogP contribution in [0, 0.1) is 12.8 Å². The lowest BCUT2D eigenvalue weighted by molar-refractivity contribution is -0.119. The van der Waals surface area contributed by atoms with E-state index in [1.807, 2.05) is 0 Å². The zero-order chi connectivity index (χ0) is 22.1. The molecule has 0 radical (unpaired) electrons. The normalized spacial score (nSPS) is 17.5. The average Bonchev–Trinajstić information content (AvgIpc) is 3.39. The first-order chi connectivity index (χ1) is 14.9. The van der Waals surface area contributed by atoms with Gasteiger partial charge in [-0.1, -0.05) is 0 Å². The molecule has 1 aromatic carbocycles. The summed E-state index contributed by atoms with van der Waals surface area (Å²) < 4.78 is 17.3. The van der Waals surface area contributed by atoms with Crippen molar-refractivity contribution in [3.05, 3.63) is 29.5 Å². The highest BCUT2D eigenvalue weighted by Gasteiger charge is 2.33. The number of hydrogen-bond donors (Lipinski definition) is 1. The van der Waals surface area contributed by atoms with Gasteiger partial charge < -0.3 is 19.5 Å². The van der Waals surface area contributed by atoms with Gasteiger partial charge in [-0.3, -0.25) is 9.59 Å². The molecule has 1 aliphatic heterocycles. The maximum atomic E-state index is 13.0. The summed E-state index contributed by atoms with van der Waals surface area (Å²) in [6, 6.07) is 4.79. The summed E-state index contributed by atoms with van der Waals surface area (Å²) in [5.74, 6) is 0.754. The second-order valence-corrected chi connectivity index (χ2v) is 7.25. The number of amides is 2. The Kier molecular flexibility index (Phi) is 5.45. The Bertz CT molecular complexity index is 1090. The molecule has 1 aliphatic carbocycles. The van der Waals surface area contributed by atoms with Gasteiger partial charge in [0.05, 0.1) is 32.9 Å². The number of fused-ring (bicyclic) bond motifs is 1. The van der Waals surface area contributed by atoms with Crippen LogP contribution in [0.1, 0.15) is 35.3 Å². The van der Waals surface area contributed by atoms with Crippen molar-refractivity contribution in [1.29, 1.82) is 0 Å². The molecule has 0 saturated heterocycles. The Hall–Kier alpha value is -3.69. The summed E-state index contributed by atoms with van der Waals surface area (Å²) in [5.41, 5.74) is 1.76. The van der Waals surface area contributed by atoms with E-state index in [0.29, 0.717) is 34.3 Å². The molecule has 1 N–H and O–H groups in total. The van der Waals surface area contributed by atoms with Crippen molar-refractivity contribution in [1.82, 2.24) is 9.78 Å². The fraction of sp³-hybridized carbons (Fsp3) is 0.381. The molecule has 1 fully saturated rings. The molecular weight excluding hydrogens is 402 g/mol. The molecule has 10 heteroatoms. The lowest BCUT2D eigenvalue weighted by Crippen LogP contribution is -2.29. The van der Waals surface area contributed by atoms with Gasteiger partial charge in [-0.25, -0.2) is 4.99 Å². The van der Waals surface area contributed by atoms with Crippen molar-refractivity contribution in [2.45, 2.75) is 26.2 Å². The maximum Gasteiger partial charge on any atom is 0.257 e. The average molecular weight is 425 g/mol. The highest BCUT2D eigenvalue weighted by Crippen LogP contribution is 2.38. The molecule has 2 aliphatic rings. The van der Waals surface area contributed by atoms with Crippen LogP contribution >= 0.6 is 0 Å². The smallest absolute Gasteiger partial charge is 0.257 e. The quantitative estimate of drug-likeness (QED) is 0.787. The molecule has 162 valence electrons. The molecular formula is C21H23N5O5. The summed E-state index contributed by atoms with van der Waals surface area (Å²) in [5, 5.41) is 7.17. The van der Waals surface area contributed by atoms with Crippen LogP contribution in [0.15, 0.2) is 28.2 Å². The molecule has 31 heavy (non-hydrogen) atoms. The van der Waals surface area contributed by atoms with Crippen molar-refractivity contribution < 1.29 is 23.8 Å². The van der Waals surface area contributed by atoms with Crippen LogP contribution in [0.4, 0.5) is 5.82 Å². The highest BCUT2D eigenvalue weighted by atomic mass is 16.5. The number of aromatic nitrogens is 2. The standard InChI is InChI=1S/C21H23N5O5/c1-11-8-17(26(25-11)21-22-14-7-5-6-13(14)20(28)24-21)23-19(27)12-9-15(29-2)18(31-4)16(10-12)30-3/h8-10,13H,5-7H2,1-4H3,(H,23,27). The summed E-state index contributed by atoms with van der Waals surface area (Å²) in [6.07, 6.45) is 2.46. The summed E-state index contributed by atoms with van der Waals surface area (Å²) in [4.78, 5) is 34.0. The monoisotopic (exact) mass is 425 g/mol. The molecule has 4 rings (SSSR count). The fourth-order valence-electron chi connectivity index (χ4n) is 3.79. The van der Waals surface area contributed by atoms with Gasteiger partial charge in [0.1, 0.15) is 5.82 Å². The van der Waals surface area contributed by atoms with E-state index in [1.165, 1.54) is 26.0 Å². The van der Waals surface area contributed by atoms with Crippen LogP contribution in [0.5, 0.6) is 17.2 Å². The van der Waals surface area contributed by atoms with E-state index in [4.69, 9.17) is 14.2 Å². The SMILES string of the molecule is COc1cc(C(=O)Nc2cc(C)nn2C2=NC(=O)C3CCCC3=N2)cc(OC)c1OC. The predicted molar refractivity (Wildman–Crippen MR) is 114 cm³/mol.